The first kappa shape index (κ1) is 15.2. The Balaban J connectivity index is 1.94. The van der Waals surface area contributed by atoms with Crippen molar-refractivity contribution in [1.29, 1.82) is 0 Å². The highest BCUT2D eigenvalue weighted by Gasteiger charge is 2.16. The molecule has 3 nitrogen and oxygen atoms in total. The first-order chi connectivity index (χ1) is 9.56. The Morgan fingerprint density at radius 3 is 2.25 bits per heavy atom. The number of hydrogen-bond acceptors (Lipinski definition) is 3. The molecule has 0 saturated heterocycles. The van der Waals surface area contributed by atoms with Gasteiger partial charge in [0, 0.05) is 9.94 Å². The van der Waals surface area contributed by atoms with Gasteiger partial charge in [-0.2, -0.15) is 0 Å². The Hall–Kier alpha value is -1.21. The van der Waals surface area contributed by atoms with Crippen LogP contribution in [-0.4, -0.2) is 17.2 Å². The normalized spacial score (nSPS) is 10.6. The maximum Gasteiger partial charge on any atom is 0.491 e. The number of hydrogen-bond donors (Lipinski definition) is 2. The minimum Gasteiger partial charge on any atom is -0.423 e. The molecule has 0 radical (unpaired) electrons. The van der Waals surface area contributed by atoms with Gasteiger partial charge in [-0.1, -0.05) is 40.2 Å². The molecule has 0 aromatic heterocycles. The van der Waals surface area contributed by atoms with Crippen molar-refractivity contribution in [2.24, 2.45) is 0 Å². The van der Waals surface area contributed by atoms with E-state index in [4.69, 9.17) is 14.8 Å². The van der Waals surface area contributed by atoms with E-state index in [0.29, 0.717) is 12.2 Å². The van der Waals surface area contributed by atoms with Crippen molar-refractivity contribution < 1.29 is 19.2 Å². The molecule has 20 heavy (non-hydrogen) atoms. The van der Waals surface area contributed by atoms with Crippen molar-refractivity contribution in [3.05, 3.63) is 63.9 Å². The molecule has 0 atom stereocenters. The Morgan fingerprint density at radius 1 is 1.00 bits per heavy atom. The van der Waals surface area contributed by atoms with E-state index in [1.165, 1.54) is 12.1 Å². The lowest BCUT2D eigenvalue weighted by molar-refractivity contribution is 0.107. The van der Waals surface area contributed by atoms with Crippen molar-refractivity contribution in [1.82, 2.24) is 0 Å². The Kier molecular flexibility index (Phi) is 5.31. The monoisotopic (exact) mass is 338 g/mol. The molecule has 2 N–H and O–H groups in total. The van der Waals surface area contributed by atoms with E-state index in [0.717, 1.165) is 10.0 Å². The quantitative estimate of drug-likeness (QED) is 0.820. The first-order valence-electron chi connectivity index (χ1n) is 6.03. The molecule has 0 aliphatic carbocycles. The second-order valence-electron chi connectivity index (χ2n) is 4.35. The van der Waals surface area contributed by atoms with Gasteiger partial charge in [0.2, 0.25) is 0 Å². The van der Waals surface area contributed by atoms with Crippen molar-refractivity contribution in [3.63, 3.8) is 0 Å². The van der Waals surface area contributed by atoms with E-state index in [1.54, 1.807) is 6.07 Å². The van der Waals surface area contributed by atoms with Crippen LogP contribution in [0.3, 0.4) is 0 Å². The molecule has 0 bridgehead atoms. The van der Waals surface area contributed by atoms with Crippen LogP contribution < -0.4 is 5.46 Å². The van der Waals surface area contributed by atoms with E-state index < -0.39 is 12.9 Å². The summed E-state index contributed by atoms with van der Waals surface area (Å²) in [5, 5.41) is 18.1. The highest BCUT2D eigenvalue weighted by Crippen LogP contribution is 2.12. The van der Waals surface area contributed by atoms with Crippen LogP contribution >= 0.6 is 15.9 Å². The fourth-order valence-electron chi connectivity index (χ4n) is 1.75. The fraction of sp³-hybridized carbons (Fsp3) is 0.143. The summed E-state index contributed by atoms with van der Waals surface area (Å²) in [7, 11) is -1.82. The molecular weight excluding hydrogens is 326 g/mol. The molecule has 0 fully saturated rings. The lowest BCUT2D eigenvalue weighted by atomic mass is 9.79. The highest BCUT2D eigenvalue weighted by atomic mass is 79.9. The molecule has 0 heterocycles. The fourth-order valence-corrected chi connectivity index (χ4v) is 2.01. The standard InChI is InChI=1S/C14H13BBrFO3/c16-12-4-1-10(2-5-12)8-20-9-11-3-6-14(17)13(7-11)15(18)19/h1-7,18-19H,8-9H2. The second-order valence-corrected chi connectivity index (χ2v) is 5.26. The van der Waals surface area contributed by atoms with Gasteiger partial charge in [-0.15, -0.1) is 0 Å². The third-order valence-corrected chi connectivity index (χ3v) is 3.32. The van der Waals surface area contributed by atoms with Crippen LogP contribution in [0.25, 0.3) is 0 Å². The summed E-state index contributed by atoms with van der Waals surface area (Å²) in [6.45, 7) is 0.706. The lowest BCUT2D eigenvalue weighted by Gasteiger charge is -2.07. The Morgan fingerprint density at radius 2 is 1.60 bits per heavy atom. The zero-order valence-corrected chi connectivity index (χ0v) is 12.2. The van der Waals surface area contributed by atoms with Crippen LogP contribution in [0.2, 0.25) is 0 Å². The van der Waals surface area contributed by atoms with Crippen molar-refractivity contribution in [3.8, 4) is 0 Å². The summed E-state index contributed by atoms with van der Waals surface area (Å²) >= 11 is 3.35. The molecule has 104 valence electrons. The molecule has 0 aliphatic rings. The van der Waals surface area contributed by atoms with Crippen molar-refractivity contribution in [2.45, 2.75) is 13.2 Å². The first-order valence-corrected chi connectivity index (χ1v) is 6.82. The van der Waals surface area contributed by atoms with Crippen molar-refractivity contribution in [2.75, 3.05) is 0 Å². The SMILES string of the molecule is OB(O)c1cc(COCc2ccc(Br)cc2)ccc1F. The molecule has 0 spiro atoms. The summed E-state index contributed by atoms with van der Waals surface area (Å²) in [6, 6.07) is 11.9. The van der Waals surface area contributed by atoms with E-state index in [9.17, 15) is 4.39 Å². The van der Waals surface area contributed by atoms with Crippen LogP contribution in [0, 0.1) is 5.82 Å². The molecule has 0 aliphatic heterocycles. The van der Waals surface area contributed by atoms with Crippen LogP contribution in [0.1, 0.15) is 11.1 Å². The van der Waals surface area contributed by atoms with Gasteiger partial charge in [0.15, 0.2) is 0 Å². The molecule has 2 aromatic rings. The summed E-state index contributed by atoms with van der Waals surface area (Å²) in [6.07, 6.45) is 0. The molecule has 2 aromatic carbocycles. The topological polar surface area (TPSA) is 49.7 Å². The van der Waals surface area contributed by atoms with Gasteiger partial charge in [0.1, 0.15) is 5.82 Å². The van der Waals surface area contributed by atoms with E-state index >= 15 is 0 Å². The number of benzene rings is 2. The summed E-state index contributed by atoms with van der Waals surface area (Å²) in [5.41, 5.74) is 1.57. The summed E-state index contributed by atoms with van der Waals surface area (Å²) < 4.78 is 19.8. The summed E-state index contributed by atoms with van der Waals surface area (Å²) in [5.74, 6) is -0.642. The third kappa shape index (κ3) is 4.14. The van der Waals surface area contributed by atoms with Gasteiger partial charge in [-0.25, -0.2) is 4.39 Å². The van der Waals surface area contributed by atoms with Gasteiger partial charge >= 0.3 is 7.12 Å². The van der Waals surface area contributed by atoms with Crippen LogP contribution in [0.5, 0.6) is 0 Å². The van der Waals surface area contributed by atoms with Crippen molar-refractivity contribution >= 4 is 28.5 Å². The number of ether oxygens (including phenoxy) is 1. The molecule has 0 saturated carbocycles. The maximum absolute atomic E-state index is 13.3. The smallest absolute Gasteiger partial charge is 0.423 e. The zero-order valence-electron chi connectivity index (χ0n) is 10.6. The van der Waals surface area contributed by atoms with Gasteiger partial charge in [0.05, 0.1) is 13.2 Å². The van der Waals surface area contributed by atoms with Crippen LogP contribution in [0.15, 0.2) is 46.9 Å². The molecule has 0 amide bonds. The minimum absolute atomic E-state index is 0.144. The van der Waals surface area contributed by atoms with Gasteiger partial charge in [-0.3, -0.25) is 0 Å². The van der Waals surface area contributed by atoms with Crippen LogP contribution in [0.4, 0.5) is 4.39 Å². The second kappa shape index (κ2) is 6.99. The van der Waals surface area contributed by atoms with Gasteiger partial charge in [0.25, 0.3) is 0 Å². The highest BCUT2D eigenvalue weighted by molar-refractivity contribution is 9.10. The lowest BCUT2D eigenvalue weighted by Crippen LogP contribution is -2.33. The van der Waals surface area contributed by atoms with E-state index in [-0.39, 0.29) is 12.1 Å². The molecule has 0 unspecified atom stereocenters. The predicted molar refractivity (Wildman–Crippen MR) is 78.9 cm³/mol. The van der Waals surface area contributed by atoms with E-state index in [1.807, 2.05) is 24.3 Å². The third-order valence-electron chi connectivity index (χ3n) is 2.79. The Labute approximate surface area is 125 Å². The molecular formula is C14H13BBrFO3. The Bertz CT molecular complexity index is 575. The minimum atomic E-state index is -1.82. The van der Waals surface area contributed by atoms with Gasteiger partial charge < -0.3 is 14.8 Å². The summed E-state index contributed by atoms with van der Waals surface area (Å²) in [4.78, 5) is 0. The molecule has 2 rings (SSSR count). The maximum atomic E-state index is 13.3. The predicted octanol–water partition coefficient (Wildman–Crippen LogP) is 1.98. The van der Waals surface area contributed by atoms with E-state index in [2.05, 4.69) is 15.9 Å². The zero-order chi connectivity index (χ0) is 14.5. The number of halogens is 2. The largest absolute Gasteiger partial charge is 0.491 e. The number of rotatable bonds is 5. The van der Waals surface area contributed by atoms with Crippen LogP contribution in [-0.2, 0) is 18.0 Å². The molecule has 6 heteroatoms. The van der Waals surface area contributed by atoms with Gasteiger partial charge in [-0.05, 0) is 29.3 Å². The average molecular weight is 339 g/mol. The average Bonchev–Trinajstić information content (AvgIpc) is 2.42.